The maximum absolute atomic E-state index is 6.15. The minimum Gasteiger partial charge on any atom is -0.339 e. The summed E-state index contributed by atoms with van der Waals surface area (Å²) in [6, 6.07) is 11.6. The van der Waals surface area contributed by atoms with Crippen LogP contribution in [0.5, 0.6) is 0 Å². The number of hydrogen-bond acceptors (Lipinski definition) is 2. The number of nitrogens with one attached hydrogen (secondary N) is 1. The molecule has 1 heterocycles. The lowest BCUT2D eigenvalue weighted by molar-refractivity contribution is 1.30. The van der Waals surface area contributed by atoms with E-state index >= 15 is 0 Å². The fraction of sp³-hybridized carbons (Fsp3) is 0.0833. The molecule has 1 N–H and O–H groups in total. The molecule has 0 amide bonds. The molecule has 3 heteroatoms. The number of aryl methyl sites for hydroxylation is 1. The van der Waals surface area contributed by atoms with Crippen LogP contribution in [0.1, 0.15) is 5.56 Å². The van der Waals surface area contributed by atoms with E-state index in [0.717, 1.165) is 22.1 Å². The summed E-state index contributed by atoms with van der Waals surface area (Å²) in [6.45, 7) is 1.98. The molecule has 0 atom stereocenters. The molecule has 1 aromatic heterocycles. The zero-order valence-electron chi connectivity index (χ0n) is 8.37. The van der Waals surface area contributed by atoms with Crippen molar-refractivity contribution in [3.63, 3.8) is 0 Å². The van der Waals surface area contributed by atoms with Gasteiger partial charge in [-0.2, -0.15) is 0 Å². The Morgan fingerprint density at radius 3 is 2.73 bits per heavy atom. The number of anilines is 2. The number of nitrogens with zero attached hydrogens (tertiary/aromatic N) is 1. The van der Waals surface area contributed by atoms with Gasteiger partial charge in [0.2, 0.25) is 0 Å². The van der Waals surface area contributed by atoms with Crippen molar-refractivity contribution in [3.8, 4) is 0 Å². The van der Waals surface area contributed by atoms with Gasteiger partial charge in [0.05, 0.1) is 10.7 Å². The summed E-state index contributed by atoms with van der Waals surface area (Å²) in [5.41, 5.74) is 1.94. The Labute approximate surface area is 93.9 Å². The lowest BCUT2D eigenvalue weighted by atomic mass is 10.2. The van der Waals surface area contributed by atoms with Crippen molar-refractivity contribution in [2.24, 2.45) is 0 Å². The molecular weight excluding hydrogens is 208 g/mol. The van der Waals surface area contributed by atoms with Gasteiger partial charge in [-0.3, -0.25) is 0 Å². The molecule has 2 nitrogen and oxygen atoms in total. The number of aromatic nitrogens is 1. The van der Waals surface area contributed by atoms with Crippen LogP contribution in [0.2, 0.25) is 5.02 Å². The van der Waals surface area contributed by atoms with Gasteiger partial charge in [0.25, 0.3) is 0 Å². The van der Waals surface area contributed by atoms with Crippen LogP contribution < -0.4 is 5.32 Å². The summed E-state index contributed by atoms with van der Waals surface area (Å²) in [6.07, 6.45) is 1.74. The van der Waals surface area contributed by atoms with Gasteiger partial charge < -0.3 is 5.32 Å². The number of halogens is 1. The Kier molecular flexibility index (Phi) is 2.88. The van der Waals surface area contributed by atoms with E-state index in [1.54, 1.807) is 6.20 Å². The summed E-state index contributed by atoms with van der Waals surface area (Å²) >= 11 is 6.15. The number of pyridine rings is 1. The average Bonchev–Trinajstić information content (AvgIpc) is 2.26. The second kappa shape index (κ2) is 4.32. The standard InChI is InChI=1S/C12H11ClN2/c1-9-5-4-6-10(12(9)13)15-11-7-2-3-8-14-11/h2-8H,1H3,(H,14,15). The lowest BCUT2D eigenvalue weighted by Crippen LogP contribution is -1.94. The monoisotopic (exact) mass is 218 g/mol. The van der Waals surface area contributed by atoms with Crippen LogP contribution in [0, 0.1) is 6.92 Å². The maximum Gasteiger partial charge on any atom is 0.130 e. The highest BCUT2D eigenvalue weighted by Gasteiger charge is 2.02. The second-order valence-electron chi connectivity index (χ2n) is 3.28. The van der Waals surface area contributed by atoms with Crippen LogP contribution in [-0.4, -0.2) is 4.98 Å². The first-order chi connectivity index (χ1) is 7.27. The molecule has 0 radical (unpaired) electrons. The Bertz CT molecular complexity index is 454. The second-order valence-corrected chi connectivity index (χ2v) is 3.65. The van der Waals surface area contributed by atoms with Gasteiger partial charge in [-0.15, -0.1) is 0 Å². The van der Waals surface area contributed by atoms with Gasteiger partial charge in [-0.05, 0) is 30.7 Å². The maximum atomic E-state index is 6.15. The molecule has 0 bridgehead atoms. The highest BCUT2D eigenvalue weighted by atomic mass is 35.5. The molecule has 2 rings (SSSR count). The van der Waals surface area contributed by atoms with Crippen molar-refractivity contribution in [1.29, 1.82) is 0 Å². The molecule has 0 unspecified atom stereocenters. The summed E-state index contributed by atoms with van der Waals surface area (Å²) in [7, 11) is 0. The van der Waals surface area contributed by atoms with Crippen LogP contribution in [-0.2, 0) is 0 Å². The van der Waals surface area contributed by atoms with E-state index in [9.17, 15) is 0 Å². The molecule has 0 saturated heterocycles. The van der Waals surface area contributed by atoms with Crippen molar-refractivity contribution in [2.45, 2.75) is 6.92 Å². The molecule has 0 aliphatic rings. The fourth-order valence-corrected chi connectivity index (χ4v) is 1.49. The largest absolute Gasteiger partial charge is 0.339 e. The minimum absolute atomic E-state index is 0.739. The zero-order valence-corrected chi connectivity index (χ0v) is 9.12. The van der Waals surface area contributed by atoms with E-state index in [-0.39, 0.29) is 0 Å². The van der Waals surface area contributed by atoms with E-state index in [1.807, 2.05) is 43.3 Å². The quantitative estimate of drug-likeness (QED) is 0.830. The first-order valence-electron chi connectivity index (χ1n) is 4.70. The molecular formula is C12H11ClN2. The third kappa shape index (κ3) is 2.28. The van der Waals surface area contributed by atoms with E-state index < -0.39 is 0 Å². The molecule has 1 aromatic carbocycles. The van der Waals surface area contributed by atoms with Crippen molar-refractivity contribution in [2.75, 3.05) is 5.32 Å². The summed E-state index contributed by atoms with van der Waals surface area (Å²) < 4.78 is 0. The van der Waals surface area contributed by atoms with Crippen LogP contribution >= 0.6 is 11.6 Å². The first kappa shape index (κ1) is 9.99. The Balaban J connectivity index is 2.29. The van der Waals surface area contributed by atoms with E-state index in [1.165, 1.54) is 0 Å². The molecule has 0 aliphatic carbocycles. The Morgan fingerprint density at radius 1 is 1.13 bits per heavy atom. The predicted molar refractivity (Wildman–Crippen MR) is 63.7 cm³/mol. The van der Waals surface area contributed by atoms with Crippen LogP contribution in [0.15, 0.2) is 42.6 Å². The number of rotatable bonds is 2. The predicted octanol–water partition coefficient (Wildman–Crippen LogP) is 3.79. The number of hydrogen-bond donors (Lipinski definition) is 1. The van der Waals surface area contributed by atoms with Crippen LogP contribution in [0.25, 0.3) is 0 Å². The van der Waals surface area contributed by atoms with Gasteiger partial charge in [0.15, 0.2) is 0 Å². The van der Waals surface area contributed by atoms with Crippen molar-refractivity contribution < 1.29 is 0 Å². The van der Waals surface area contributed by atoms with E-state index in [4.69, 9.17) is 11.6 Å². The van der Waals surface area contributed by atoms with E-state index in [0.29, 0.717) is 0 Å². The highest BCUT2D eigenvalue weighted by molar-refractivity contribution is 6.34. The number of benzene rings is 1. The van der Waals surface area contributed by atoms with Crippen molar-refractivity contribution >= 4 is 23.1 Å². The highest BCUT2D eigenvalue weighted by Crippen LogP contribution is 2.27. The Morgan fingerprint density at radius 2 is 2.00 bits per heavy atom. The SMILES string of the molecule is Cc1cccc(Nc2ccccn2)c1Cl. The smallest absolute Gasteiger partial charge is 0.130 e. The molecule has 0 aliphatic heterocycles. The van der Waals surface area contributed by atoms with E-state index in [2.05, 4.69) is 10.3 Å². The van der Waals surface area contributed by atoms with Gasteiger partial charge >= 0.3 is 0 Å². The van der Waals surface area contributed by atoms with Crippen LogP contribution in [0.3, 0.4) is 0 Å². The van der Waals surface area contributed by atoms with Crippen molar-refractivity contribution in [1.82, 2.24) is 4.98 Å². The molecule has 2 aromatic rings. The molecule has 0 spiro atoms. The third-order valence-corrected chi connectivity index (χ3v) is 2.62. The molecule has 0 saturated carbocycles. The fourth-order valence-electron chi connectivity index (χ4n) is 1.32. The van der Waals surface area contributed by atoms with Gasteiger partial charge in [-0.1, -0.05) is 29.8 Å². The minimum atomic E-state index is 0.739. The first-order valence-corrected chi connectivity index (χ1v) is 5.08. The summed E-state index contributed by atoms with van der Waals surface area (Å²) in [5, 5.41) is 3.91. The Hall–Kier alpha value is -1.54. The topological polar surface area (TPSA) is 24.9 Å². The third-order valence-electron chi connectivity index (χ3n) is 2.12. The zero-order chi connectivity index (χ0) is 10.7. The average molecular weight is 219 g/mol. The summed E-state index contributed by atoms with van der Waals surface area (Å²) in [5.74, 6) is 0.796. The van der Waals surface area contributed by atoms with Crippen molar-refractivity contribution in [3.05, 3.63) is 53.2 Å². The molecule has 76 valence electrons. The molecule has 15 heavy (non-hydrogen) atoms. The van der Waals surface area contributed by atoms with Crippen LogP contribution in [0.4, 0.5) is 11.5 Å². The normalized spacial score (nSPS) is 10.0. The van der Waals surface area contributed by atoms with Gasteiger partial charge in [0, 0.05) is 6.20 Å². The lowest BCUT2D eigenvalue weighted by Gasteiger charge is -2.08. The summed E-state index contributed by atoms with van der Waals surface area (Å²) in [4.78, 5) is 4.18. The van der Waals surface area contributed by atoms with Gasteiger partial charge in [0.1, 0.15) is 5.82 Å². The molecule has 0 fully saturated rings. The van der Waals surface area contributed by atoms with Gasteiger partial charge in [-0.25, -0.2) is 4.98 Å².